The Balaban J connectivity index is 1.33. The maximum absolute atomic E-state index is 13.4. The second-order valence-corrected chi connectivity index (χ2v) is 9.28. The van der Waals surface area contributed by atoms with Crippen molar-refractivity contribution in [3.05, 3.63) is 100 Å². The van der Waals surface area contributed by atoms with Gasteiger partial charge in [-0.3, -0.25) is 9.59 Å². The van der Waals surface area contributed by atoms with E-state index in [2.05, 4.69) is 6.08 Å². The number of allylic oxidation sites excluding steroid dienone is 1. The Morgan fingerprint density at radius 2 is 1.78 bits per heavy atom. The number of hydrogen-bond acceptors (Lipinski definition) is 5. The third kappa shape index (κ3) is 3.11. The van der Waals surface area contributed by atoms with E-state index in [4.69, 9.17) is 14.2 Å². The Kier molecular flexibility index (Phi) is 4.45. The number of fused-ring (bicyclic) bond motifs is 5. The van der Waals surface area contributed by atoms with Crippen LogP contribution >= 0.6 is 0 Å². The minimum Gasteiger partial charge on any atom is -0.489 e. The fraction of sp³-hybridized carbons (Fsp3) is 0.133. The van der Waals surface area contributed by atoms with Crippen molar-refractivity contribution < 1.29 is 23.8 Å². The highest BCUT2D eigenvalue weighted by molar-refractivity contribution is 6.15. The number of carbonyl (C=O) groups is 2. The molecule has 3 aliphatic rings. The molecule has 0 N–H and O–H groups in total. The van der Waals surface area contributed by atoms with E-state index in [0.29, 0.717) is 23.7 Å². The van der Waals surface area contributed by atoms with Crippen LogP contribution in [0.25, 0.3) is 23.1 Å². The van der Waals surface area contributed by atoms with Gasteiger partial charge in [0.25, 0.3) is 0 Å². The monoisotopic (exact) mass is 475 g/mol. The van der Waals surface area contributed by atoms with Crippen LogP contribution in [0.15, 0.2) is 78.2 Å². The average molecular weight is 476 g/mol. The van der Waals surface area contributed by atoms with Crippen molar-refractivity contribution in [1.82, 2.24) is 4.57 Å². The van der Waals surface area contributed by atoms with E-state index in [1.807, 2.05) is 66.3 Å². The first-order valence-electron chi connectivity index (χ1n) is 11.8. The number of ether oxygens (including phenoxy) is 3. The summed E-state index contributed by atoms with van der Waals surface area (Å²) >= 11 is 0. The van der Waals surface area contributed by atoms with Gasteiger partial charge in [0.15, 0.2) is 5.76 Å². The molecule has 0 saturated heterocycles. The van der Waals surface area contributed by atoms with Gasteiger partial charge in [-0.05, 0) is 42.0 Å². The highest BCUT2D eigenvalue weighted by Crippen LogP contribution is 2.50. The van der Waals surface area contributed by atoms with Crippen LogP contribution in [0.3, 0.4) is 0 Å². The Labute approximate surface area is 207 Å². The molecular formula is C30H21NO5. The molecule has 4 heterocycles. The van der Waals surface area contributed by atoms with E-state index in [-0.39, 0.29) is 29.9 Å². The first kappa shape index (κ1) is 20.8. The molecule has 36 heavy (non-hydrogen) atoms. The Bertz CT molecular complexity index is 1670. The molecule has 7 rings (SSSR count). The molecule has 3 aliphatic heterocycles. The summed E-state index contributed by atoms with van der Waals surface area (Å²) in [6.07, 6.45) is 5.99. The van der Waals surface area contributed by atoms with Crippen LogP contribution in [-0.2, 0) is 11.8 Å². The number of benzene rings is 3. The van der Waals surface area contributed by atoms with Gasteiger partial charge in [-0.2, -0.15) is 0 Å². The zero-order valence-electron chi connectivity index (χ0n) is 19.5. The fourth-order valence-electron chi connectivity index (χ4n) is 5.39. The van der Waals surface area contributed by atoms with Crippen LogP contribution in [0.2, 0.25) is 0 Å². The molecule has 1 unspecified atom stereocenters. The number of carbonyl (C=O) groups excluding carboxylic acids is 2. The zero-order valence-corrected chi connectivity index (χ0v) is 19.5. The molecule has 0 aliphatic carbocycles. The zero-order chi connectivity index (χ0) is 24.4. The molecule has 1 aromatic heterocycles. The van der Waals surface area contributed by atoms with Crippen LogP contribution in [0.5, 0.6) is 17.2 Å². The number of para-hydroxylation sites is 2. The Hall–Kier alpha value is -4.58. The number of rotatable bonds is 2. The molecule has 0 saturated carbocycles. The lowest BCUT2D eigenvalue weighted by Crippen LogP contribution is -2.24. The van der Waals surface area contributed by atoms with Crippen LogP contribution < -0.4 is 14.2 Å². The number of hydrogen-bond donors (Lipinski definition) is 0. The van der Waals surface area contributed by atoms with E-state index in [0.717, 1.165) is 38.9 Å². The van der Waals surface area contributed by atoms with Gasteiger partial charge in [-0.15, -0.1) is 0 Å². The predicted octanol–water partition coefficient (Wildman–Crippen LogP) is 5.66. The molecule has 0 bridgehead atoms. The SMILES string of the molecule is Cn1cc(/C=C2/Oc3c(ccc4c3C(C3=Cc5ccccc5OC3)CC(=O)O4)C2=O)c2ccccc21. The Morgan fingerprint density at radius 3 is 2.69 bits per heavy atom. The van der Waals surface area contributed by atoms with Crippen molar-refractivity contribution in [3.8, 4) is 17.2 Å². The summed E-state index contributed by atoms with van der Waals surface area (Å²) in [5.41, 5.74) is 5.07. The predicted molar refractivity (Wildman–Crippen MR) is 135 cm³/mol. The molecule has 1 atom stereocenters. The third-order valence-corrected chi connectivity index (χ3v) is 7.10. The summed E-state index contributed by atoms with van der Waals surface area (Å²) in [6, 6.07) is 19.2. The molecule has 0 radical (unpaired) electrons. The van der Waals surface area contributed by atoms with Crippen molar-refractivity contribution in [2.75, 3.05) is 6.61 Å². The number of aryl methyl sites for hydroxylation is 1. The molecule has 6 heteroatoms. The number of aromatic nitrogens is 1. The lowest BCUT2D eigenvalue weighted by atomic mass is 9.83. The van der Waals surface area contributed by atoms with Crippen molar-refractivity contribution in [3.63, 3.8) is 0 Å². The molecule has 3 aromatic carbocycles. The minimum atomic E-state index is -0.317. The number of esters is 1. The van der Waals surface area contributed by atoms with Gasteiger partial charge in [-0.25, -0.2) is 0 Å². The highest BCUT2D eigenvalue weighted by atomic mass is 16.5. The molecular weight excluding hydrogens is 454 g/mol. The second kappa shape index (κ2) is 7.71. The first-order chi connectivity index (χ1) is 17.6. The maximum Gasteiger partial charge on any atom is 0.312 e. The van der Waals surface area contributed by atoms with Crippen LogP contribution in [-0.4, -0.2) is 22.9 Å². The van der Waals surface area contributed by atoms with E-state index >= 15 is 0 Å². The van der Waals surface area contributed by atoms with Crippen LogP contribution in [0.1, 0.15) is 39.4 Å². The molecule has 6 nitrogen and oxygen atoms in total. The molecule has 176 valence electrons. The van der Waals surface area contributed by atoms with Crippen molar-refractivity contribution in [2.24, 2.45) is 7.05 Å². The smallest absolute Gasteiger partial charge is 0.312 e. The van der Waals surface area contributed by atoms with Gasteiger partial charge in [0.05, 0.1) is 12.0 Å². The van der Waals surface area contributed by atoms with E-state index in [1.165, 1.54) is 0 Å². The van der Waals surface area contributed by atoms with Crippen molar-refractivity contribution in [1.29, 1.82) is 0 Å². The van der Waals surface area contributed by atoms with Gasteiger partial charge in [0.2, 0.25) is 5.78 Å². The number of nitrogens with zero attached hydrogens (tertiary/aromatic N) is 1. The van der Waals surface area contributed by atoms with Crippen LogP contribution in [0, 0.1) is 0 Å². The lowest BCUT2D eigenvalue weighted by molar-refractivity contribution is -0.135. The molecule has 0 fully saturated rings. The minimum absolute atomic E-state index is 0.154. The number of Topliss-reactive ketones (excluding diaryl/α,β-unsaturated/α-hetero) is 1. The van der Waals surface area contributed by atoms with E-state index in [1.54, 1.807) is 18.2 Å². The van der Waals surface area contributed by atoms with Gasteiger partial charge in [-0.1, -0.05) is 36.4 Å². The fourth-order valence-corrected chi connectivity index (χ4v) is 5.39. The lowest BCUT2D eigenvalue weighted by Gasteiger charge is -2.29. The molecule has 0 amide bonds. The largest absolute Gasteiger partial charge is 0.489 e. The standard InChI is InChI=1S/C30H21NO5/c1-31-15-18(20-7-3-4-8-23(20)31)13-26-29(33)21-10-11-25-28(30(21)36-26)22(14-27(32)35-25)19-12-17-6-2-5-9-24(17)34-16-19/h2-13,15,22H,14,16H2,1H3/b26-13+. The van der Waals surface area contributed by atoms with E-state index in [9.17, 15) is 9.59 Å². The second-order valence-electron chi connectivity index (χ2n) is 9.28. The van der Waals surface area contributed by atoms with Gasteiger partial charge >= 0.3 is 5.97 Å². The van der Waals surface area contributed by atoms with Gasteiger partial charge in [0.1, 0.15) is 23.9 Å². The third-order valence-electron chi connectivity index (χ3n) is 7.10. The first-order valence-corrected chi connectivity index (χ1v) is 11.8. The summed E-state index contributed by atoms with van der Waals surface area (Å²) in [7, 11) is 1.98. The summed E-state index contributed by atoms with van der Waals surface area (Å²) in [5, 5.41) is 1.04. The highest BCUT2D eigenvalue weighted by Gasteiger charge is 2.39. The average Bonchev–Trinajstić information content (AvgIpc) is 3.39. The summed E-state index contributed by atoms with van der Waals surface area (Å²) in [6.45, 7) is 0.352. The topological polar surface area (TPSA) is 66.8 Å². The van der Waals surface area contributed by atoms with Gasteiger partial charge in [0, 0.05) is 46.8 Å². The Morgan fingerprint density at radius 1 is 0.944 bits per heavy atom. The maximum atomic E-state index is 13.4. The summed E-state index contributed by atoms with van der Waals surface area (Å²) in [4.78, 5) is 25.9. The molecule has 4 aromatic rings. The number of ketones is 1. The quantitative estimate of drug-likeness (QED) is 0.213. The summed E-state index contributed by atoms with van der Waals surface area (Å²) < 4.78 is 19.8. The van der Waals surface area contributed by atoms with Crippen molar-refractivity contribution in [2.45, 2.75) is 12.3 Å². The normalized spacial score (nSPS) is 19.2. The van der Waals surface area contributed by atoms with Crippen molar-refractivity contribution >= 4 is 34.8 Å². The van der Waals surface area contributed by atoms with Gasteiger partial charge < -0.3 is 18.8 Å². The summed E-state index contributed by atoms with van der Waals surface area (Å²) in [5.74, 6) is 1.14. The van der Waals surface area contributed by atoms with Crippen LogP contribution in [0.4, 0.5) is 0 Å². The van der Waals surface area contributed by atoms with E-state index < -0.39 is 0 Å². The molecule has 0 spiro atoms.